The van der Waals surface area contributed by atoms with Gasteiger partial charge in [-0.2, -0.15) is 5.10 Å². The third-order valence-corrected chi connectivity index (χ3v) is 4.60. The van der Waals surface area contributed by atoms with Crippen LogP contribution in [0.15, 0.2) is 47.3 Å². The minimum Gasteiger partial charge on any atom is -0.456 e. The molecule has 0 unspecified atom stereocenters. The molecule has 2 aromatic carbocycles. The molecule has 0 saturated carbocycles. The Hall–Kier alpha value is -2.37. The van der Waals surface area contributed by atoms with Crippen LogP contribution in [0.25, 0.3) is 10.8 Å². The highest BCUT2D eigenvalue weighted by Crippen LogP contribution is 2.23. The quantitative estimate of drug-likeness (QED) is 0.608. The Morgan fingerprint density at radius 3 is 2.46 bits per heavy atom. The van der Waals surface area contributed by atoms with Gasteiger partial charge in [0.05, 0.1) is 21.5 Å². The van der Waals surface area contributed by atoms with Gasteiger partial charge in [-0.3, -0.25) is 4.79 Å². The number of carbonyl (C=O) groups is 1. The Balaban J connectivity index is 1.96. The number of ether oxygens (including phenoxy) is 1. The van der Waals surface area contributed by atoms with Crippen molar-refractivity contribution in [1.82, 2.24) is 9.78 Å². The fourth-order valence-corrected chi connectivity index (χ4v) is 2.87. The van der Waals surface area contributed by atoms with Gasteiger partial charge in [0.2, 0.25) is 0 Å². The van der Waals surface area contributed by atoms with E-state index >= 15 is 0 Å². The number of nitrogens with zero attached hydrogens (tertiary/aromatic N) is 2. The molecular weight excluding hydrogens is 375 g/mol. The van der Waals surface area contributed by atoms with Gasteiger partial charge in [0, 0.05) is 5.39 Å². The maximum absolute atomic E-state index is 12.6. The van der Waals surface area contributed by atoms with Crippen molar-refractivity contribution in [2.45, 2.75) is 26.5 Å². The number of hydrogen-bond acceptors (Lipinski definition) is 4. The molecule has 0 saturated heterocycles. The van der Waals surface area contributed by atoms with E-state index in [0.29, 0.717) is 26.4 Å². The summed E-state index contributed by atoms with van der Waals surface area (Å²) in [6.45, 7) is 3.68. The summed E-state index contributed by atoms with van der Waals surface area (Å²) in [6.07, 6.45) is 0. The normalized spacial score (nSPS) is 11.1. The number of benzene rings is 2. The van der Waals surface area contributed by atoms with Crippen LogP contribution in [0.4, 0.5) is 0 Å². The highest BCUT2D eigenvalue weighted by molar-refractivity contribution is 6.42. The average molecular weight is 391 g/mol. The van der Waals surface area contributed by atoms with E-state index in [-0.39, 0.29) is 23.9 Å². The highest BCUT2D eigenvalue weighted by Gasteiger charge is 2.19. The van der Waals surface area contributed by atoms with Crippen molar-refractivity contribution in [2.75, 3.05) is 0 Å². The summed E-state index contributed by atoms with van der Waals surface area (Å²) in [6, 6.07) is 11.7. The Morgan fingerprint density at radius 2 is 1.81 bits per heavy atom. The Kier molecular flexibility index (Phi) is 5.30. The van der Waals surface area contributed by atoms with E-state index in [0.717, 1.165) is 0 Å². The van der Waals surface area contributed by atoms with E-state index in [4.69, 9.17) is 27.9 Å². The van der Waals surface area contributed by atoms with E-state index in [1.165, 1.54) is 4.68 Å². The third-order valence-electron chi connectivity index (χ3n) is 3.86. The molecular formula is C19H16Cl2N2O3. The van der Waals surface area contributed by atoms with Crippen LogP contribution in [-0.4, -0.2) is 15.7 Å². The number of carbonyl (C=O) groups excluding carboxylic acids is 1. The molecule has 7 heteroatoms. The van der Waals surface area contributed by atoms with Crippen LogP contribution in [-0.2, 0) is 11.3 Å². The molecule has 0 N–H and O–H groups in total. The van der Waals surface area contributed by atoms with Gasteiger partial charge in [-0.1, -0.05) is 47.5 Å². The first-order valence-electron chi connectivity index (χ1n) is 8.01. The molecule has 0 fully saturated rings. The van der Waals surface area contributed by atoms with E-state index in [1.807, 2.05) is 13.8 Å². The maximum Gasteiger partial charge on any atom is 0.359 e. The first kappa shape index (κ1) is 18.4. The predicted molar refractivity (Wildman–Crippen MR) is 102 cm³/mol. The summed E-state index contributed by atoms with van der Waals surface area (Å²) in [5, 5.41) is 5.94. The molecule has 0 bridgehead atoms. The van der Waals surface area contributed by atoms with Gasteiger partial charge in [-0.15, -0.1) is 0 Å². The van der Waals surface area contributed by atoms with Gasteiger partial charge in [-0.05, 0) is 37.6 Å². The summed E-state index contributed by atoms with van der Waals surface area (Å²) in [7, 11) is 0. The van der Waals surface area contributed by atoms with Gasteiger partial charge in [0.1, 0.15) is 6.61 Å². The van der Waals surface area contributed by atoms with E-state index < -0.39 is 5.97 Å². The molecule has 0 atom stereocenters. The number of halogens is 2. The molecule has 0 spiro atoms. The van der Waals surface area contributed by atoms with Crippen LogP contribution in [0.2, 0.25) is 10.0 Å². The van der Waals surface area contributed by atoms with Gasteiger partial charge in [-0.25, -0.2) is 9.48 Å². The molecule has 0 radical (unpaired) electrons. The summed E-state index contributed by atoms with van der Waals surface area (Å²) in [5.41, 5.74) is 0.569. The lowest BCUT2D eigenvalue weighted by Crippen LogP contribution is -2.27. The number of aromatic nitrogens is 2. The lowest BCUT2D eigenvalue weighted by atomic mass is 10.1. The lowest BCUT2D eigenvalue weighted by Gasteiger charge is -2.13. The zero-order valence-corrected chi connectivity index (χ0v) is 15.7. The standard InChI is InChI=1S/C19H16Cl2N2O3/c1-11(2)23-18(24)14-6-4-3-5-13(14)17(22-23)19(25)26-10-12-7-8-15(20)16(21)9-12/h3-9,11H,10H2,1-2H3. The first-order chi connectivity index (χ1) is 12.4. The zero-order chi connectivity index (χ0) is 18.8. The second kappa shape index (κ2) is 7.48. The average Bonchev–Trinajstić information content (AvgIpc) is 2.62. The van der Waals surface area contributed by atoms with Crippen LogP contribution in [0.5, 0.6) is 0 Å². The van der Waals surface area contributed by atoms with Crippen molar-refractivity contribution in [3.8, 4) is 0 Å². The van der Waals surface area contributed by atoms with Crippen molar-refractivity contribution < 1.29 is 9.53 Å². The molecule has 1 heterocycles. The summed E-state index contributed by atoms with van der Waals surface area (Å²) in [5.74, 6) is -0.610. The first-order valence-corrected chi connectivity index (χ1v) is 8.76. The largest absolute Gasteiger partial charge is 0.456 e. The number of esters is 1. The number of fused-ring (bicyclic) bond motifs is 1. The third kappa shape index (κ3) is 3.59. The lowest BCUT2D eigenvalue weighted by molar-refractivity contribution is 0.0465. The summed E-state index contributed by atoms with van der Waals surface area (Å²) < 4.78 is 6.66. The molecule has 26 heavy (non-hydrogen) atoms. The van der Waals surface area contributed by atoms with Gasteiger partial charge in [0.15, 0.2) is 5.69 Å². The zero-order valence-electron chi connectivity index (χ0n) is 14.2. The van der Waals surface area contributed by atoms with E-state index in [9.17, 15) is 9.59 Å². The SMILES string of the molecule is CC(C)n1nc(C(=O)OCc2ccc(Cl)c(Cl)c2)c2ccccc2c1=O. The van der Waals surface area contributed by atoms with Crippen LogP contribution in [0.1, 0.15) is 35.9 Å². The van der Waals surface area contributed by atoms with Crippen LogP contribution in [0.3, 0.4) is 0 Å². The fourth-order valence-electron chi connectivity index (χ4n) is 2.55. The van der Waals surface area contributed by atoms with E-state index in [2.05, 4.69) is 5.10 Å². The van der Waals surface area contributed by atoms with Gasteiger partial charge < -0.3 is 4.74 Å². The molecule has 134 valence electrons. The van der Waals surface area contributed by atoms with Gasteiger partial charge in [0.25, 0.3) is 5.56 Å². The van der Waals surface area contributed by atoms with Crippen LogP contribution >= 0.6 is 23.2 Å². The second-order valence-corrected chi connectivity index (χ2v) is 6.88. The second-order valence-electron chi connectivity index (χ2n) is 6.06. The number of rotatable bonds is 4. The van der Waals surface area contributed by atoms with Crippen molar-refractivity contribution >= 4 is 39.9 Å². The minimum atomic E-state index is -0.610. The van der Waals surface area contributed by atoms with Crippen molar-refractivity contribution in [2.24, 2.45) is 0 Å². The Morgan fingerprint density at radius 1 is 1.12 bits per heavy atom. The van der Waals surface area contributed by atoms with Crippen molar-refractivity contribution in [3.05, 3.63) is 74.1 Å². The van der Waals surface area contributed by atoms with Crippen LogP contribution in [0, 0.1) is 0 Å². The monoisotopic (exact) mass is 390 g/mol. The molecule has 0 aliphatic carbocycles. The summed E-state index contributed by atoms with van der Waals surface area (Å²) in [4.78, 5) is 25.1. The molecule has 3 aromatic rings. The minimum absolute atomic E-state index is 0.0204. The fraction of sp³-hybridized carbons (Fsp3) is 0.211. The van der Waals surface area contributed by atoms with Crippen molar-refractivity contribution in [1.29, 1.82) is 0 Å². The molecule has 0 aliphatic rings. The summed E-state index contributed by atoms with van der Waals surface area (Å²) >= 11 is 11.9. The smallest absolute Gasteiger partial charge is 0.359 e. The topological polar surface area (TPSA) is 61.2 Å². The highest BCUT2D eigenvalue weighted by atomic mass is 35.5. The molecule has 0 amide bonds. The number of hydrogen-bond donors (Lipinski definition) is 0. The van der Waals surface area contributed by atoms with E-state index in [1.54, 1.807) is 42.5 Å². The maximum atomic E-state index is 12.6. The van der Waals surface area contributed by atoms with Crippen LogP contribution < -0.4 is 5.56 Å². The molecule has 3 rings (SSSR count). The molecule has 1 aromatic heterocycles. The Bertz CT molecular complexity index is 1040. The predicted octanol–water partition coefficient (Wildman–Crippen LogP) is 4.64. The molecule has 5 nitrogen and oxygen atoms in total. The van der Waals surface area contributed by atoms with Crippen molar-refractivity contribution in [3.63, 3.8) is 0 Å². The molecule has 0 aliphatic heterocycles. The van der Waals surface area contributed by atoms with Gasteiger partial charge >= 0.3 is 5.97 Å². The Labute approximate surface area is 160 Å².